The zero-order valence-electron chi connectivity index (χ0n) is 18.1. The number of primary amides is 1. The average Bonchev–Trinajstić information content (AvgIpc) is 3.19. The molecule has 4 amide bonds. The molecule has 5 unspecified atom stereocenters. The van der Waals surface area contributed by atoms with E-state index in [-0.39, 0.29) is 12.5 Å². The van der Waals surface area contributed by atoms with Crippen molar-refractivity contribution in [1.29, 1.82) is 0 Å². The van der Waals surface area contributed by atoms with E-state index in [1.54, 1.807) is 13.8 Å². The van der Waals surface area contributed by atoms with Gasteiger partial charge in [0.15, 0.2) is 0 Å². The van der Waals surface area contributed by atoms with Gasteiger partial charge in [0.05, 0.1) is 18.9 Å². The van der Waals surface area contributed by atoms with Gasteiger partial charge in [-0.15, -0.1) is 0 Å². The highest BCUT2D eigenvalue weighted by Gasteiger charge is 2.40. The fourth-order valence-corrected chi connectivity index (χ4v) is 3.37. The van der Waals surface area contributed by atoms with Crippen LogP contribution in [0.25, 0.3) is 0 Å². The highest BCUT2D eigenvalue weighted by atomic mass is 16.4. The van der Waals surface area contributed by atoms with Gasteiger partial charge in [0.1, 0.15) is 18.1 Å². The largest absolute Gasteiger partial charge is 0.481 e. The number of aliphatic carboxylic acids is 2. The maximum Gasteiger partial charge on any atom is 0.326 e. The number of carbonyl (C=O) groups excluding carboxylic acids is 4. The summed E-state index contributed by atoms with van der Waals surface area (Å²) in [5.41, 5.74) is 10.6. The predicted molar refractivity (Wildman–Crippen MR) is 110 cm³/mol. The van der Waals surface area contributed by atoms with Gasteiger partial charge in [-0.3, -0.25) is 24.0 Å². The smallest absolute Gasteiger partial charge is 0.326 e. The van der Waals surface area contributed by atoms with Crippen molar-refractivity contribution in [2.24, 2.45) is 17.4 Å². The molecule has 180 valence electrons. The number of hydrogen-bond donors (Lipinski definition) is 6. The van der Waals surface area contributed by atoms with Crippen molar-refractivity contribution >= 4 is 35.6 Å². The summed E-state index contributed by atoms with van der Waals surface area (Å²) >= 11 is 0. The molecule has 0 aromatic rings. The van der Waals surface area contributed by atoms with Crippen molar-refractivity contribution in [3.8, 4) is 0 Å². The van der Waals surface area contributed by atoms with Crippen LogP contribution in [-0.2, 0) is 28.8 Å². The van der Waals surface area contributed by atoms with Gasteiger partial charge < -0.3 is 37.2 Å². The van der Waals surface area contributed by atoms with Crippen molar-refractivity contribution < 1.29 is 39.0 Å². The zero-order chi connectivity index (χ0) is 24.6. The maximum absolute atomic E-state index is 13.1. The second-order valence-electron chi connectivity index (χ2n) is 7.84. The summed E-state index contributed by atoms with van der Waals surface area (Å²) in [6, 6.07) is -5.06. The minimum Gasteiger partial charge on any atom is -0.481 e. The normalized spacial score (nSPS) is 19.3. The molecule has 0 aliphatic carbocycles. The third kappa shape index (κ3) is 7.48. The molecule has 13 heteroatoms. The summed E-state index contributed by atoms with van der Waals surface area (Å²) in [5.74, 6) is -6.24. The van der Waals surface area contributed by atoms with Crippen molar-refractivity contribution in [2.45, 2.75) is 70.1 Å². The lowest BCUT2D eigenvalue weighted by molar-refractivity contribution is -0.150. The van der Waals surface area contributed by atoms with Crippen LogP contribution in [0.15, 0.2) is 0 Å². The molecule has 0 aromatic carbocycles. The quantitative estimate of drug-likeness (QED) is 0.186. The molecule has 1 saturated heterocycles. The zero-order valence-corrected chi connectivity index (χ0v) is 18.1. The van der Waals surface area contributed by atoms with Crippen LogP contribution in [0.4, 0.5) is 0 Å². The summed E-state index contributed by atoms with van der Waals surface area (Å²) in [6.45, 7) is 3.70. The Kier molecular flexibility index (Phi) is 10.0. The van der Waals surface area contributed by atoms with Crippen molar-refractivity contribution in [3.05, 3.63) is 0 Å². The minimum atomic E-state index is -1.49. The number of rotatable bonds is 12. The second kappa shape index (κ2) is 12.0. The molecule has 8 N–H and O–H groups in total. The van der Waals surface area contributed by atoms with Crippen LogP contribution >= 0.6 is 0 Å². The van der Waals surface area contributed by atoms with Crippen molar-refractivity contribution in [1.82, 2.24) is 15.5 Å². The van der Waals surface area contributed by atoms with Crippen LogP contribution in [0.1, 0.15) is 46.0 Å². The highest BCUT2D eigenvalue weighted by Crippen LogP contribution is 2.21. The van der Waals surface area contributed by atoms with Crippen LogP contribution in [0, 0.1) is 5.92 Å². The fraction of sp³-hybridized carbons (Fsp3) is 0.684. The molecule has 0 radical (unpaired) electrons. The third-order valence-corrected chi connectivity index (χ3v) is 5.37. The van der Waals surface area contributed by atoms with E-state index in [1.807, 2.05) is 0 Å². The van der Waals surface area contributed by atoms with E-state index in [4.69, 9.17) is 16.6 Å². The van der Waals surface area contributed by atoms with Gasteiger partial charge in [0.2, 0.25) is 23.6 Å². The number of nitrogens with one attached hydrogen (secondary N) is 2. The molecule has 5 atom stereocenters. The summed E-state index contributed by atoms with van der Waals surface area (Å²) in [4.78, 5) is 72.9. The van der Waals surface area contributed by atoms with Gasteiger partial charge in [0, 0.05) is 6.54 Å². The second-order valence-corrected chi connectivity index (χ2v) is 7.84. The number of carboxylic acid groups (broad SMARTS) is 2. The first-order valence-electron chi connectivity index (χ1n) is 10.3. The number of likely N-dealkylation sites (tertiary alicyclic amines) is 1. The van der Waals surface area contributed by atoms with E-state index in [0.717, 1.165) is 0 Å². The van der Waals surface area contributed by atoms with Crippen LogP contribution in [-0.4, -0.2) is 81.4 Å². The first-order chi connectivity index (χ1) is 14.9. The van der Waals surface area contributed by atoms with Gasteiger partial charge in [-0.05, 0) is 18.8 Å². The molecule has 1 aliphatic heterocycles. The minimum absolute atomic E-state index is 0.226. The number of carboxylic acids is 2. The Balaban J connectivity index is 3.04. The first kappa shape index (κ1) is 26.8. The number of hydrogen-bond acceptors (Lipinski definition) is 7. The molecule has 1 aliphatic rings. The lowest BCUT2D eigenvalue weighted by atomic mass is 9.96. The summed E-state index contributed by atoms with van der Waals surface area (Å²) in [5, 5.41) is 22.8. The summed E-state index contributed by atoms with van der Waals surface area (Å²) in [7, 11) is 0. The molecule has 0 spiro atoms. The first-order valence-corrected chi connectivity index (χ1v) is 10.3. The van der Waals surface area contributed by atoms with E-state index in [1.165, 1.54) is 4.90 Å². The average molecular weight is 457 g/mol. The van der Waals surface area contributed by atoms with Crippen LogP contribution in [0.3, 0.4) is 0 Å². The lowest BCUT2D eigenvalue weighted by Crippen LogP contribution is -2.59. The van der Waals surface area contributed by atoms with E-state index < -0.39 is 72.6 Å². The van der Waals surface area contributed by atoms with Gasteiger partial charge in [-0.2, -0.15) is 0 Å². The molecule has 13 nitrogen and oxygen atoms in total. The molecule has 1 fully saturated rings. The Hall–Kier alpha value is -3.22. The fourth-order valence-electron chi connectivity index (χ4n) is 3.37. The molecule has 1 rings (SSSR count). The van der Waals surface area contributed by atoms with Crippen molar-refractivity contribution in [2.75, 3.05) is 6.54 Å². The van der Waals surface area contributed by atoms with Crippen LogP contribution in [0.5, 0.6) is 0 Å². The summed E-state index contributed by atoms with van der Waals surface area (Å²) in [6.07, 6.45) is -0.0368. The monoisotopic (exact) mass is 457 g/mol. The van der Waals surface area contributed by atoms with Crippen molar-refractivity contribution in [3.63, 3.8) is 0 Å². The Morgan fingerprint density at radius 1 is 1.06 bits per heavy atom. The number of nitrogens with two attached hydrogens (primary N) is 2. The standard InChI is InChI=1S/C19H31N5O8/c1-3-9(2)15(18(30)24-6-4-5-12(24)19(31)32)23-17(29)11(8-13(21)25)22-16(28)10(20)7-14(26)27/h9-12,15H,3-8,20H2,1-2H3,(H2,21,25)(H,22,28)(H,23,29)(H,26,27)(H,31,32). The van der Waals surface area contributed by atoms with E-state index >= 15 is 0 Å². The third-order valence-electron chi connectivity index (χ3n) is 5.37. The van der Waals surface area contributed by atoms with Crippen LogP contribution in [0.2, 0.25) is 0 Å². The molecule has 32 heavy (non-hydrogen) atoms. The predicted octanol–water partition coefficient (Wildman–Crippen LogP) is -2.24. The van der Waals surface area contributed by atoms with E-state index in [2.05, 4.69) is 10.6 Å². The number of carbonyl (C=O) groups is 6. The van der Waals surface area contributed by atoms with E-state index in [0.29, 0.717) is 19.3 Å². The molecule has 0 saturated carbocycles. The van der Waals surface area contributed by atoms with Gasteiger partial charge in [-0.1, -0.05) is 20.3 Å². The maximum atomic E-state index is 13.1. The molecular weight excluding hydrogens is 426 g/mol. The van der Waals surface area contributed by atoms with Gasteiger partial charge in [0.25, 0.3) is 0 Å². The number of nitrogens with zero attached hydrogens (tertiary/aromatic N) is 1. The SMILES string of the molecule is CCC(C)C(NC(=O)C(CC(N)=O)NC(=O)C(N)CC(=O)O)C(=O)N1CCCC1C(=O)O. The van der Waals surface area contributed by atoms with Gasteiger partial charge in [-0.25, -0.2) is 4.79 Å². The molecule has 0 bridgehead atoms. The Morgan fingerprint density at radius 2 is 1.69 bits per heavy atom. The Morgan fingerprint density at radius 3 is 2.19 bits per heavy atom. The van der Waals surface area contributed by atoms with E-state index in [9.17, 15) is 33.9 Å². The Labute approximate surface area is 184 Å². The molecular formula is C19H31N5O8. The summed E-state index contributed by atoms with van der Waals surface area (Å²) < 4.78 is 0. The topological polar surface area (TPSA) is 222 Å². The van der Waals surface area contributed by atoms with Crippen LogP contribution < -0.4 is 22.1 Å². The number of amides is 4. The Bertz CT molecular complexity index is 758. The highest BCUT2D eigenvalue weighted by molar-refractivity contribution is 5.96. The molecule has 1 heterocycles. The lowest BCUT2D eigenvalue weighted by Gasteiger charge is -2.31. The molecule has 0 aromatic heterocycles. The van der Waals surface area contributed by atoms with Gasteiger partial charge >= 0.3 is 11.9 Å².